The molecule has 7 heteroatoms. The molecule has 2 N–H and O–H groups in total. The average molecular weight is 241 g/mol. The Morgan fingerprint density at radius 2 is 2.18 bits per heavy atom. The van der Waals surface area contributed by atoms with Crippen LogP contribution in [0.4, 0.5) is 5.69 Å². The zero-order chi connectivity index (χ0) is 12.8. The van der Waals surface area contributed by atoms with Gasteiger partial charge in [-0.25, -0.2) is 4.79 Å². The lowest BCUT2D eigenvalue weighted by atomic mass is 10.2. The number of aliphatic hydroxyl groups excluding tert-OH is 1. The second-order valence-corrected chi connectivity index (χ2v) is 3.17. The molecule has 92 valence electrons. The fourth-order valence-electron chi connectivity index (χ4n) is 1.19. The number of rotatable bonds is 6. The molecule has 0 amide bonds. The van der Waals surface area contributed by atoms with E-state index in [0.29, 0.717) is 6.42 Å². The monoisotopic (exact) mass is 241 g/mol. The molecule has 0 unspecified atom stereocenters. The van der Waals surface area contributed by atoms with E-state index in [0.717, 1.165) is 12.1 Å². The largest absolute Gasteiger partial charge is 0.493 e. The summed E-state index contributed by atoms with van der Waals surface area (Å²) in [5.41, 5.74) is -0.900. The summed E-state index contributed by atoms with van der Waals surface area (Å²) in [6.45, 7) is 0.162. The summed E-state index contributed by atoms with van der Waals surface area (Å²) in [7, 11) is 0. The Bertz CT molecular complexity index is 431. The van der Waals surface area contributed by atoms with Crippen LogP contribution in [0.2, 0.25) is 0 Å². The Morgan fingerprint density at radius 3 is 2.71 bits per heavy atom. The van der Waals surface area contributed by atoms with E-state index in [1.54, 1.807) is 0 Å². The Morgan fingerprint density at radius 1 is 1.47 bits per heavy atom. The van der Waals surface area contributed by atoms with Crippen molar-refractivity contribution in [2.45, 2.75) is 6.42 Å². The van der Waals surface area contributed by atoms with E-state index in [9.17, 15) is 14.9 Å². The lowest BCUT2D eigenvalue weighted by molar-refractivity contribution is -0.385. The third kappa shape index (κ3) is 3.42. The second kappa shape index (κ2) is 5.80. The van der Waals surface area contributed by atoms with Crippen LogP contribution in [0.15, 0.2) is 18.2 Å². The number of ether oxygens (including phenoxy) is 1. The normalized spacial score (nSPS) is 9.94. The number of carboxylic acids is 1. The highest BCUT2D eigenvalue weighted by atomic mass is 16.6. The van der Waals surface area contributed by atoms with Gasteiger partial charge in [0.05, 0.1) is 17.6 Å². The molecule has 1 rings (SSSR count). The summed E-state index contributed by atoms with van der Waals surface area (Å²) in [5, 5.41) is 27.9. The highest BCUT2D eigenvalue weighted by Crippen LogP contribution is 2.24. The lowest BCUT2D eigenvalue weighted by Gasteiger charge is -2.05. The van der Waals surface area contributed by atoms with Crippen molar-refractivity contribution in [3.63, 3.8) is 0 Å². The Hall–Kier alpha value is -2.15. The summed E-state index contributed by atoms with van der Waals surface area (Å²) < 4.78 is 5.11. The number of carboxylic acid groups (broad SMARTS) is 1. The maximum atomic E-state index is 10.7. The number of aromatic carboxylic acids is 1. The quantitative estimate of drug-likeness (QED) is 0.437. The van der Waals surface area contributed by atoms with Gasteiger partial charge in [-0.15, -0.1) is 0 Å². The summed E-state index contributed by atoms with van der Waals surface area (Å²) >= 11 is 0. The zero-order valence-electron chi connectivity index (χ0n) is 8.83. The number of hydrogen-bond acceptors (Lipinski definition) is 5. The van der Waals surface area contributed by atoms with Crippen LogP contribution in [0.25, 0.3) is 0 Å². The minimum absolute atomic E-state index is 0.0463. The maximum absolute atomic E-state index is 10.7. The van der Waals surface area contributed by atoms with Crippen LogP contribution in [0.1, 0.15) is 16.8 Å². The lowest BCUT2D eigenvalue weighted by Crippen LogP contribution is -2.04. The van der Waals surface area contributed by atoms with Gasteiger partial charge in [0.15, 0.2) is 0 Å². The number of aliphatic hydroxyl groups is 1. The smallest absolute Gasteiger partial charge is 0.342 e. The topological polar surface area (TPSA) is 110 Å². The minimum atomic E-state index is -1.36. The second-order valence-electron chi connectivity index (χ2n) is 3.17. The van der Waals surface area contributed by atoms with Crippen LogP contribution in [0.3, 0.4) is 0 Å². The van der Waals surface area contributed by atoms with E-state index in [-0.39, 0.29) is 24.5 Å². The number of nitrogens with zero attached hydrogens (tertiary/aromatic N) is 1. The molecule has 1 aromatic carbocycles. The molecular formula is C10H11NO6. The summed E-state index contributed by atoms with van der Waals surface area (Å²) in [4.78, 5) is 20.6. The number of benzene rings is 1. The van der Waals surface area contributed by atoms with Crippen molar-refractivity contribution in [2.24, 2.45) is 0 Å². The van der Waals surface area contributed by atoms with E-state index < -0.39 is 16.6 Å². The molecular weight excluding hydrogens is 230 g/mol. The van der Waals surface area contributed by atoms with Crippen molar-refractivity contribution in [1.29, 1.82) is 0 Å². The molecule has 0 spiro atoms. The summed E-state index contributed by atoms with van der Waals surface area (Å²) in [6, 6.07) is 3.52. The van der Waals surface area contributed by atoms with Gasteiger partial charge in [0.25, 0.3) is 5.69 Å². The van der Waals surface area contributed by atoms with E-state index in [2.05, 4.69) is 0 Å². The van der Waals surface area contributed by atoms with Crippen molar-refractivity contribution in [2.75, 3.05) is 13.2 Å². The van der Waals surface area contributed by atoms with Crippen molar-refractivity contribution in [3.05, 3.63) is 33.9 Å². The van der Waals surface area contributed by atoms with E-state index >= 15 is 0 Å². The number of nitro benzene ring substituents is 1. The van der Waals surface area contributed by atoms with Crippen molar-refractivity contribution in [3.8, 4) is 5.75 Å². The van der Waals surface area contributed by atoms with Crippen LogP contribution in [-0.2, 0) is 0 Å². The van der Waals surface area contributed by atoms with Crippen LogP contribution >= 0.6 is 0 Å². The Labute approximate surface area is 96.4 Å². The molecule has 0 heterocycles. The molecule has 0 bridgehead atoms. The minimum Gasteiger partial charge on any atom is -0.493 e. The van der Waals surface area contributed by atoms with Gasteiger partial charge >= 0.3 is 5.97 Å². The predicted molar refractivity (Wildman–Crippen MR) is 57.3 cm³/mol. The van der Waals surface area contributed by atoms with Gasteiger partial charge in [-0.1, -0.05) is 0 Å². The molecule has 1 aromatic rings. The molecule has 0 radical (unpaired) electrons. The standard InChI is InChI=1S/C10H11NO6/c12-4-1-5-17-7-2-3-8(10(13)14)9(6-7)11(15)16/h2-3,6,12H,1,4-5H2,(H,13,14). The highest BCUT2D eigenvalue weighted by molar-refractivity contribution is 5.92. The molecule has 0 fully saturated rings. The van der Waals surface area contributed by atoms with Crippen molar-refractivity contribution in [1.82, 2.24) is 0 Å². The van der Waals surface area contributed by atoms with Crippen LogP contribution in [0.5, 0.6) is 5.75 Å². The third-order valence-electron chi connectivity index (χ3n) is 1.97. The van der Waals surface area contributed by atoms with E-state index in [1.807, 2.05) is 0 Å². The molecule has 17 heavy (non-hydrogen) atoms. The zero-order valence-corrected chi connectivity index (χ0v) is 8.83. The number of carbonyl (C=O) groups is 1. The molecule has 0 saturated heterocycles. The van der Waals surface area contributed by atoms with Gasteiger partial charge in [-0.3, -0.25) is 10.1 Å². The van der Waals surface area contributed by atoms with Gasteiger partial charge in [-0.2, -0.15) is 0 Å². The fourth-order valence-corrected chi connectivity index (χ4v) is 1.19. The molecule has 0 aliphatic heterocycles. The first kappa shape index (κ1) is 12.9. The van der Waals surface area contributed by atoms with Crippen molar-refractivity contribution >= 4 is 11.7 Å². The van der Waals surface area contributed by atoms with E-state index in [1.165, 1.54) is 6.07 Å². The molecule has 0 aliphatic carbocycles. The van der Waals surface area contributed by atoms with Gasteiger partial charge in [0, 0.05) is 13.0 Å². The van der Waals surface area contributed by atoms with Crippen LogP contribution < -0.4 is 4.74 Å². The molecule has 0 aliphatic rings. The first-order valence-electron chi connectivity index (χ1n) is 4.81. The summed E-state index contributed by atoms with van der Waals surface area (Å²) in [6.07, 6.45) is 0.397. The SMILES string of the molecule is O=C(O)c1ccc(OCCCO)cc1[N+](=O)[O-]. The molecule has 0 saturated carbocycles. The predicted octanol–water partition coefficient (Wildman–Crippen LogP) is 1.05. The Balaban J connectivity index is 2.94. The molecule has 7 nitrogen and oxygen atoms in total. The van der Waals surface area contributed by atoms with Crippen molar-refractivity contribution < 1.29 is 24.7 Å². The number of hydrogen-bond donors (Lipinski definition) is 2. The number of nitro groups is 1. The van der Waals surface area contributed by atoms with Gasteiger partial charge in [0.2, 0.25) is 0 Å². The highest BCUT2D eigenvalue weighted by Gasteiger charge is 2.20. The van der Waals surface area contributed by atoms with E-state index in [4.69, 9.17) is 14.9 Å². The molecule has 0 aromatic heterocycles. The van der Waals surface area contributed by atoms with Gasteiger partial charge in [-0.05, 0) is 12.1 Å². The van der Waals surface area contributed by atoms with Gasteiger partial charge in [0.1, 0.15) is 11.3 Å². The average Bonchev–Trinajstić information content (AvgIpc) is 2.29. The third-order valence-corrected chi connectivity index (χ3v) is 1.97. The first-order chi connectivity index (χ1) is 8.06. The maximum Gasteiger partial charge on any atom is 0.342 e. The van der Waals surface area contributed by atoms with Crippen LogP contribution in [-0.4, -0.2) is 34.3 Å². The summed E-state index contributed by atoms with van der Waals surface area (Å²) in [5.74, 6) is -1.16. The molecule has 0 atom stereocenters. The Kier molecular flexibility index (Phi) is 4.41. The van der Waals surface area contributed by atoms with Gasteiger partial charge < -0.3 is 14.9 Å². The van der Waals surface area contributed by atoms with Crippen LogP contribution in [0, 0.1) is 10.1 Å². The first-order valence-corrected chi connectivity index (χ1v) is 4.81. The fraction of sp³-hybridized carbons (Fsp3) is 0.300.